The molecule has 0 aromatic carbocycles. The Morgan fingerprint density at radius 2 is 1.94 bits per heavy atom. The van der Waals surface area contributed by atoms with Crippen molar-refractivity contribution in [3.8, 4) is 0 Å². The number of methoxy groups -OCH3 is 1. The van der Waals surface area contributed by atoms with Crippen LogP contribution in [-0.2, 0) is 9.53 Å². The molecule has 2 N–H and O–H groups in total. The van der Waals surface area contributed by atoms with E-state index in [9.17, 15) is 4.79 Å². The molecule has 0 aliphatic carbocycles. The largest absolute Gasteiger partial charge is 0.469 e. The summed E-state index contributed by atoms with van der Waals surface area (Å²) in [6, 6.07) is 0.232. The van der Waals surface area contributed by atoms with Crippen LogP contribution in [0.4, 0.5) is 0 Å². The zero-order valence-electron chi connectivity index (χ0n) is 11.2. The Labute approximate surface area is 99.1 Å². The van der Waals surface area contributed by atoms with E-state index < -0.39 is 0 Å². The minimum Gasteiger partial charge on any atom is -0.469 e. The van der Waals surface area contributed by atoms with Gasteiger partial charge in [-0.25, -0.2) is 0 Å². The van der Waals surface area contributed by atoms with Gasteiger partial charge in [0.05, 0.1) is 13.0 Å². The van der Waals surface area contributed by atoms with Crippen LogP contribution >= 0.6 is 0 Å². The van der Waals surface area contributed by atoms with Crippen LogP contribution in [0.1, 0.15) is 27.2 Å². The first-order valence-corrected chi connectivity index (χ1v) is 5.90. The molecule has 4 nitrogen and oxygen atoms in total. The molecular weight excluding hydrogens is 204 g/mol. The number of carbonyl (C=O) groups excluding carboxylic acids is 1. The fourth-order valence-electron chi connectivity index (χ4n) is 1.54. The minimum absolute atomic E-state index is 0.0784. The van der Waals surface area contributed by atoms with Gasteiger partial charge in [-0.15, -0.1) is 0 Å². The average Bonchev–Trinajstić information content (AvgIpc) is 2.24. The Morgan fingerprint density at radius 3 is 2.38 bits per heavy atom. The van der Waals surface area contributed by atoms with Crippen LogP contribution in [-0.4, -0.2) is 44.2 Å². The maximum absolute atomic E-state index is 11.2. The third-order valence-corrected chi connectivity index (χ3v) is 2.89. The highest BCUT2D eigenvalue weighted by Gasteiger charge is 2.16. The Balaban J connectivity index is 3.82. The van der Waals surface area contributed by atoms with Gasteiger partial charge < -0.3 is 15.4 Å². The number of carbonyl (C=O) groups is 1. The fraction of sp³-hybridized carbons (Fsp3) is 0.917. The van der Waals surface area contributed by atoms with Gasteiger partial charge in [-0.2, -0.15) is 0 Å². The van der Waals surface area contributed by atoms with E-state index in [1.54, 1.807) is 0 Å². The highest BCUT2D eigenvalue weighted by molar-refractivity contribution is 5.71. The van der Waals surface area contributed by atoms with Gasteiger partial charge >= 0.3 is 5.97 Å². The summed E-state index contributed by atoms with van der Waals surface area (Å²) in [5, 5.41) is 0. The Bertz CT molecular complexity index is 207. The second-order valence-corrected chi connectivity index (χ2v) is 4.88. The molecule has 0 rings (SSSR count). The Kier molecular flexibility index (Phi) is 7.34. The molecule has 2 atom stereocenters. The van der Waals surface area contributed by atoms with Crippen LogP contribution in [0.3, 0.4) is 0 Å². The van der Waals surface area contributed by atoms with E-state index in [1.807, 2.05) is 14.0 Å². The molecule has 0 radical (unpaired) electrons. The quantitative estimate of drug-likeness (QED) is 0.665. The van der Waals surface area contributed by atoms with Crippen LogP contribution in [0.2, 0.25) is 0 Å². The molecule has 0 bridgehead atoms. The SMILES string of the molecule is COC(=O)C(C)CN(C)CCC(N)C(C)C. The number of rotatable bonds is 7. The lowest BCUT2D eigenvalue weighted by Gasteiger charge is -2.23. The monoisotopic (exact) mass is 230 g/mol. The maximum Gasteiger partial charge on any atom is 0.309 e. The molecule has 0 heterocycles. The van der Waals surface area contributed by atoms with E-state index >= 15 is 0 Å². The van der Waals surface area contributed by atoms with Gasteiger partial charge in [0.15, 0.2) is 0 Å². The van der Waals surface area contributed by atoms with Gasteiger partial charge in [-0.3, -0.25) is 4.79 Å². The van der Waals surface area contributed by atoms with Crippen molar-refractivity contribution in [1.82, 2.24) is 4.90 Å². The topological polar surface area (TPSA) is 55.6 Å². The van der Waals surface area contributed by atoms with Crippen molar-refractivity contribution in [2.45, 2.75) is 33.2 Å². The summed E-state index contributed by atoms with van der Waals surface area (Å²) in [6.07, 6.45) is 0.960. The van der Waals surface area contributed by atoms with E-state index in [-0.39, 0.29) is 17.9 Å². The zero-order valence-corrected chi connectivity index (χ0v) is 11.2. The first kappa shape index (κ1) is 15.4. The van der Waals surface area contributed by atoms with E-state index in [1.165, 1.54) is 7.11 Å². The number of nitrogens with two attached hydrogens (primary N) is 1. The molecule has 0 aromatic heterocycles. The molecule has 0 spiro atoms. The van der Waals surface area contributed by atoms with Crippen LogP contribution < -0.4 is 5.73 Å². The first-order chi connectivity index (χ1) is 7.38. The highest BCUT2D eigenvalue weighted by Crippen LogP contribution is 2.06. The van der Waals surface area contributed by atoms with E-state index in [2.05, 4.69) is 23.5 Å². The number of nitrogens with zero attached hydrogens (tertiary/aromatic N) is 1. The van der Waals surface area contributed by atoms with Crippen LogP contribution in [0.25, 0.3) is 0 Å². The molecule has 0 aromatic rings. The summed E-state index contributed by atoms with van der Waals surface area (Å²) in [6.45, 7) is 7.77. The molecule has 4 heteroatoms. The van der Waals surface area contributed by atoms with Crippen molar-refractivity contribution in [3.63, 3.8) is 0 Å². The van der Waals surface area contributed by atoms with Crippen molar-refractivity contribution in [2.24, 2.45) is 17.6 Å². The summed E-state index contributed by atoms with van der Waals surface area (Å²) in [7, 11) is 3.43. The van der Waals surface area contributed by atoms with E-state index in [4.69, 9.17) is 5.73 Å². The Morgan fingerprint density at radius 1 is 1.38 bits per heavy atom. The average molecular weight is 230 g/mol. The number of hydrogen-bond donors (Lipinski definition) is 1. The summed E-state index contributed by atoms with van der Waals surface area (Å²) >= 11 is 0. The zero-order chi connectivity index (χ0) is 12.7. The lowest BCUT2D eigenvalue weighted by Crippen LogP contribution is -2.35. The minimum atomic E-state index is -0.153. The number of ether oxygens (including phenoxy) is 1. The molecule has 0 aliphatic rings. The van der Waals surface area contributed by atoms with Crippen LogP contribution in [0, 0.1) is 11.8 Å². The van der Waals surface area contributed by atoms with Gasteiger partial charge in [0.2, 0.25) is 0 Å². The molecule has 96 valence electrons. The van der Waals surface area contributed by atoms with Gasteiger partial charge in [-0.05, 0) is 25.9 Å². The van der Waals surface area contributed by atoms with Crippen LogP contribution in [0.15, 0.2) is 0 Å². The van der Waals surface area contributed by atoms with Gasteiger partial charge in [0.25, 0.3) is 0 Å². The lowest BCUT2D eigenvalue weighted by molar-refractivity contribution is -0.145. The smallest absolute Gasteiger partial charge is 0.309 e. The molecule has 16 heavy (non-hydrogen) atoms. The molecule has 0 amide bonds. The molecular formula is C12H26N2O2. The predicted octanol–water partition coefficient (Wildman–Crippen LogP) is 1.10. The summed E-state index contributed by atoms with van der Waals surface area (Å²) in [5.74, 6) is 0.275. The normalized spacial score (nSPS) is 15.2. The summed E-state index contributed by atoms with van der Waals surface area (Å²) < 4.78 is 4.69. The predicted molar refractivity (Wildman–Crippen MR) is 66.1 cm³/mol. The first-order valence-electron chi connectivity index (χ1n) is 5.90. The van der Waals surface area contributed by atoms with Crippen molar-refractivity contribution >= 4 is 5.97 Å². The molecule has 0 saturated heterocycles. The molecule has 0 saturated carbocycles. The third-order valence-electron chi connectivity index (χ3n) is 2.89. The third kappa shape index (κ3) is 6.08. The van der Waals surface area contributed by atoms with Crippen molar-refractivity contribution in [2.75, 3.05) is 27.2 Å². The summed E-state index contributed by atoms with van der Waals surface area (Å²) in [5.41, 5.74) is 5.96. The summed E-state index contributed by atoms with van der Waals surface area (Å²) in [4.78, 5) is 13.3. The highest BCUT2D eigenvalue weighted by atomic mass is 16.5. The number of hydrogen-bond acceptors (Lipinski definition) is 4. The van der Waals surface area contributed by atoms with Crippen LogP contribution in [0.5, 0.6) is 0 Å². The Hall–Kier alpha value is -0.610. The molecule has 0 aliphatic heterocycles. The second kappa shape index (κ2) is 7.63. The van der Waals surface area contributed by atoms with Gasteiger partial charge in [-0.1, -0.05) is 20.8 Å². The lowest BCUT2D eigenvalue weighted by atomic mass is 10.0. The van der Waals surface area contributed by atoms with Gasteiger partial charge in [0, 0.05) is 12.6 Å². The van der Waals surface area contributed by atoms with Crippen molar-refractivity contribution in [1.29, 1.82) is 0 Å². The van der Waals surface area contributed by atoms with Crippen molar-refractivity contribution < 1.29 is 9.53 Å². The maximum atomic E-state index is 11.2. The molecule has 2 unspecified atom stereocenters. The van der Waals surface area contributed by atoms with E-state index in [0.29, 0.717) is 5.92 Å². The second-order valence-electron chi connectivity index (χ2n) is 4.88. The van der Waals surface area contributed by atoms with E-state index in [0.717, 1.165) is 19.5 Å². The van der Waals surface area contributed by atoms with Gasteiger partial charge in [0.1, 0.15) is 0 Å². The number of esters is 1. The fourth-order valence-corrected chi connectivity index (χ4v) is 1.54. The molecule has 0 fully saturated rings. The standard InChI is InChI=1S/C12H26N2O2/c1-9(2)11(13)6-7-14(4)8-10(3)12(15)16-5/h9-11H,6-8,13H2,1-5H3. The van der Waals surface area contributed by atoms with Crippen molar-refractivity contribution in [3.05, 3.63) is 0 Å².